The minimum atomic E-state index is -0.656. The predicted molar refractivity (Wildman–Crippen MR) is 71.2 cm³/mol. The number of benzene rings is 1. The van der Waals surface area contributed by atoms with E-state index in [2.05, 4.69) is 15.9 Å². The van der Waals surface area contributed by atoms with Crippen LogP contribution in [0.25, 0.3) is 0 Å². The van der Waals surface area contributed by atoms with E-state index in [0.29, 0.717) is 5.56 Å². The van der Waals surface area contributed by atoms with Gasteiger partial charge in [-0.2, -0.15) is 0 Å². The van der Waals surface area contributed by atoms with E-state index in [-0.39, 0.29) is 23.7 Å². The number of hydrogen-bond donors (Lipinski definition) is 0. The van der Waals surface area contributed by atoms with Crippen molar-refractivity contribution < 1.29 is 14.5 Å². The van der Waals surface area contributed by atoms with Crippen molar-refractivity contribution in [2.45, 2.75) is 18.2 Å². The van der Waals surface area contributed by atoms with Gasteiger partial charge in [-0.1, -0.05) is 33.6 Å². The molecule has 1 aromatic carbocycles. The maximum absolute atomic E-state index is 11.5. The Morgan fingerprint density at radius 1 is 1.61 bits per heavy atom. The second-order valence-electron chi connectivity index (χ2n) is 3.42. The molecule has 1 atom stereocenters. The van der Waals surface area contributed by atoms with E-state index < -0.39 is 15.7 Å². The molecule has 1 aromatic rings. The van der Waals surface area contributed by atoms with E-state index in [1.165, 1.54) is 12.1 Å². The molecule has 5 nitrogen and oxygen atoms in total. The molecule has 0 aromatic heterocycles. The van der Waals surface area contributed by atoms with Gasteiger partial charge >= 0.3 is 5.97 Å². The first-order valence-electron chi connectivity index (χ1n) is 5.19. The van der Waals surface area contributed by atoms with Crippen molar-refractivity contribution in [3.8, 4) is 0 Å². The summed E-state index contributed by atoms with van der Waals surface area (Å²) in [6.07, 6.45) is 0.106. The number of carbonyl (C=O) groups excluding carboxylic acids is 1. The lowest BCUT2D eigenvalue weighted by atomic mass is 10.1. The first kappa shape index (κ1) is 14.9. The molecule has 0 radical (unpaired) electrons. The second-order valence-corrected chi connectivity index (χ2v) is 4.93. The summed E-state index contributed by atoms with van der Waals surface area (Å²) in [6, 6.07) is 4.40. The number of nitro benzene ring substituents is 1. The minimum absolute atomic E-state index is 0.101. The van der Waals surface area contributed by atoms with Crippen LogP contribution in [0.15, 0.2) is 18.2 Å². The smallest absolute Gasteiger partial charge is 0.320 e. The summed E-state index contributed by atoms with van der Waals surface area (Å²) in [7, 11) is 0. The average molecular weight is 337 g/mol. The van der Waals surface area contributed by atoms with Crippen molar-refractivity contribution in [1.82, 2.24) is 0 Å². The molecule has 0 N–H and O–H groups in total. The van der Waals surface area contributed by atoms with E-state index in [9.17, 15) is 14.9 Å². The van der Waals surface area contributed by atoms with Gasteiger partial charge in [0, 0.05) is 12.5 Å². The summed E-state index contributed by atoms with van der Waals surface area (Å²) >= 11 is 9.06. The Balaban J connectivity index is 2.96. The third-order valence-electron chi connectivity index (χ3n) is 2.22. The highest BCUT2D eigenvalue weighted by molar-refractivity contribution is 9.10. The number of esters is 1. The number of halogens is 2. The third kappa shape index (κ3) is 3.68. The third-order valence-corrected chi connectivity index (χ3v) is 3.27. The Hall–Kier alpha value is -1.14. The van der Waals surface area contributed by atoms with Gasteiger partial charge in [0.25, 0.3) is 5.69 Å². The molecule has 98 valence electrons. The van der Waals surface area contributed by atoms with Crippen molar-refractivity contribution in [2.24, 2.45) is 0 Å². The van der Waals surface area contributed by atoms with Crippen molar-refractivity contribution in [1.29, 1.82) is 0 Å². The summed E-state index contributed by atoms with van der Waals surface area (Å²) < 4.78 is 4.82. The Bertz CT molecular complexity index is 466. The van der Waals surface area contributed by atoms with Crippen LogP contribution in [0.4, 0.5) is 5.69 Å². The largest absolute Gasteiger partial charge is 0.465 e. The van der Waals surface area contributed by atoms with E-state index in [1.54, 1.807) is 13.0 Å². The molecule has 0 amide bonds. The van der Waals surface area contributed by atoms with Crippen LogP contribution in [0.2, 0.25) is 5.02 Å². The molecule has 1 rings (SSSR count). The van der Waals surface area contributed by atoms with Gasteiger partial charge in [0.05, 0.1) is 22.1 Å². The van der Waals surface area contributed by atoms with Gasteiger partial charge < -0.3 is 4.74 Å². The molecular formula is C11H11BrClNO4. The molecule has 0 spiro atoms. The summed E-state index contributed by atoms with van der Waals surface area (Å²) in [5.41, 5.74) is 0.218. The van der Waals surface area contributed by atoms with Gasteiger partial charge in [0.1, 0.15) is 4.83 Å². The Kier molecular flexibility index (Phi) is 5.55. The zero-order valence-corrected chi connectivity index (χ0v) is 11.9. The maximum Gasteiger partial charge on any atom is 0.320 e. The zero-order chi connectivity index (χ0) is 13.7. The lowest BCUT2D eigenvalue weighted by molar-refractivity contribution is -0.385. The second kappa shape index (κ2) is 6.70. The van der Waals surface area contributed by atoms with Crippen molar-refractivity contribution >= 4 is 39.2 Å². The van der Waals surface area contributed by atoms with Crippen molar-refractivity contribution in [3.05, 3.63) is 38.9 Å². The lowest BCUT2D eigenvalue weighted by Gasteiger charge is -2.10. The maximum atomic E-state index is 11.5. The Labute approximate surface area is 117 Å². The SMILES string of the molecule is CCOC(=O)C(Br)Cc1c(Cl)cccc1[N+](=O)[O-]. The summed E-state index contributed by atoms with van der Waals surface area (Å²) in [5, 5.41) is 11.1. The van der Waals surface area contributed by atoms with E-state index >= 15 is 0 Å². The Morgan fingerprint density at radius 2 is 2.28 bits per heavy atom. The molecule has 0 bridgehead atoms. The number of nitro groups is 1. The molecule has 7 heteroatoms. The van der Waals surface area contributed by atoms with Gasteiger partial charge in [-0.05, 0) is 13.0 Å². The molecule has 18 heavy (non-hydrogen) atoms. The van der Waals surface area contributed by atoms with Gasteiger partial charge in [-0.3, -0.25) is 14.9 Å². The molecule has 1 unspecified atom stereocenters. The number of carbonyl (C=O) groups is 1. The first-order valence-corrected chi connectivity index (χ1v) is 6.49. The predicted octanol–water partition coefficient (Wildman–Crippen LogP) is 3.12. The number of hydrogen-bond acceptors (Lipinski definition) is 4. The highest BCUT2D eigenvalue weighted by Crippen LogP contribution is 2.29. The minimum Gasteiger partial charge on any atom is -0.465 e. The molecule has 0 heterocycles. The standard InChI is InChI=1S/C11H11BrClNO4/c1-2-18-11(15)8(12)6-7-9(13)4-3-5-10(7)14(16)17/h3-5,8H,2,6H2,1H3. The fourth-order valence-corrected chi connectivity index (χ4v) is 2.12. The quantitative estimate of drug-likeness (QED) is 0.358. The Morgan fingerprint density at radius 3 is 2.83 bits per heavy atom. The number of ether oxygens (including phenoxy) is 1. The highest BCUT2D eigenvalue weighted by Gasteiger charge is 2.24. The van der Waals surface area contributed by atoms with Crippen LogP contribution < -0.4 is 0 Å². The van der Waals surface area contributed by atoms with E-state index in [0.717, 1.165) is 0 Å². The normalized spacial score (nSPS) is 11.9. The van der Waals surface area contributed by atoms with Crippen LogP contribution in [0.3, 0.4) is 0 Å². The van der Waals surface area contributed by atoms with Crippen LogP contribution in [0.5, 0.6) is 0 Å². The molecule has 0 saturated carbocycles. The lowest BCUT2D eigenvalue weighted by Crippen LogP contribution is -2.20. The van der Waals surface area contributed by atoms with Gasteiger partial charge in [0.15, 0.2) is 0 Å². The summed E-state index contributed by atoms with van der Waals surface area (Å²) in [6.45, 7) is 1.95. The number of nitrogens with zero attached hydrogens (tertiary/aromatic N) is 1. The number of alkyl halides is 1. The van der Waals surface area contributed by atoms with E-state index in [4.69, 9.17) is 16.3 Å². The average Bonchev–Trinajstić information content (AvgIpc) is 2.31. The van der Waals surface area contributed by atoms with Gasteiger partial charge in [-0.25, -0.2) is 0 Å². The monoisotopic (exact) mass is 335 g/mol. The van der Waals surface area contributed by atoms with Crippen molar-refractivity contribution in [3.63, 3.8) is 0 Å². The molecule has 0 aliphatic carbocycles. The highest BCUT2D eigenvalue weighted by atomic mass is 79.9. The fraction of sp³-hybridized carbons (Fsp3) is 0.364. The molecule has 0 aliphatic rings. The zero-order valence-electron chi connectivity index (χ0n) is 9.56. The fourth-order valence-electron chi connectivity index (χ4n) is 1.42. The van der Waals surface area contributed by atoms with Crippen LogP contribution in [0, 0.1) is 10.1 Å². The number of rotatable bonds is 5. The van der Waals surface area contributed by atoms with Gasteiger partial charge in [0.2, 0.25) is 0 Å². The molecule has 0 fully saturated rings. The van der Waals surface area contributed by atoms with Gasteiger partial charge in [-0.15, -0.1) is 0 Å². The van der Waals surface area contributed by atoms with Crippen LogP contribution in [-0.2, 0) is 16.0 Å². The first-order chi connectivity index (χ1) is 8.47. The van der Waals surface area contributed by atoms with Crippen LogP contribution >= 0.6 is 27.5 Å². The topological polar surface area (TPSA) is 69.4 Å². The molecule has 0 aliphatic heterocycles. The summed E-state index contributed by atoms with van der Waals surface area (Å²) in [4.78, 5) is 21.1. The molecule has 0 saturated heterocycles. The van der Waals surface area contributed by atoms with Crippen LogP contribution in [-0.4, -0.2) is 22.3 Å². The molecular weight excluding hydrogens is 325 g/mol. The van der Waals surface area contributed by atoms with E-state index in [1.807, 2.05) is 0 Å². The summed E-state index contributed by atoms with van der Waals surface area (Å²) in [5.74, 6) is -0.466. The van der Waals surface area contributed by atoms with Crippen LogP contribution in [0.1, 0.15) is 12.5 Å². The van der Waals surface area contributed by atoms with Crippen molar-refractivity contribution in [2.75, 3.05) is 6.61 Å².